The molecule has 1 unspecified atom stereocenters. The van der Waals surface area contributed by atoms with Crippen molar-refractivity contribution in [2.24, 2.45) is 11.8 Å². The summed E-state index contributed by atoms with van der Waals surface area (Å²) in [5.74, 6) is -6.01. The average molecular weight is 704 g/mol. The number of pyridine rings is 1. The molecule has 0 bridgehead atoms. The van der Waals surface area contributed by atoms with Crippen LogP contribution in [0.3, 0.4) is 0 Å². The van der Waals surface area contributed by atoms with E-state index in [1.807, 2.05) is 0 Å². The zero-order chi connectivity index (χ0) is 34.0. The summed E-state index contributed by atoms with van der Waals surface area (Å²) >= 11 is 12.8. The molecule has 0 spiro atoms. The lowest BCUT2D eigenvalue weighted by Crippen LogP contribution is -2.40. The molecule has 3 aromatic rings. The molecule has 1 saturated carbocycles. The number of carbonyl (C=O) groups is 2. The van der Waals surface area contributed by atoms with Crippen LogP contribution in [-0.4, -0.2) is 58.2 Å². The third kappa shape index (κ3) is 8.69. The molecular weight excluding hydrogens is 677 g/mol. The smallest absolute Gasteiger partial charge is 0.400 e. The number of halogens is 10. The molecule has 0 radical (unpaired) electrons. The number of carbonyl (C=O) groups excluding carboxylic acids is 2. The third-order valence-corrected chi connectivity index (χ3v) is 8.38. The van der Waals surface area contributed by atoms with Crippen LogP contribution in [0, 0.1) is 11.8 Å². The molecule has 2 amide bonds. The number of hydrogen-bond donors (Lipinski definition) is 3. The number of imidazole rings is 1. The number of hydrogen-bond acceptors (Lipinski definition) is 5. The number of amides is 2. The van der Waals surface area contributed by atoms with Gasteiger partial charge in [-0.15, -0.1) is 0 Å². The molecule has 1 atom stereocenters. The Labute approximate surface area is 266 Å². The van der Waals surface area contributed by atoms with Crippen molar-refractivity contribution in [3.63, 3.8) is 0 Å². The Bertz CT molecular complexity index is 1570. The number of alkyl halides is 8. The first-order chi connectivity index (χ1) is 21.4. The third-order valence-electron chi connectivity index (χ3n) is 7.55. The second-order valence-electron chi connectivity index (χ2n) is 10.8. The van der Waals surface area contributed by atoms with Crippen LogP contribution in [0.5, 0.6) is 5.88 Å². The van der Waals surface area contributed by atoms with Gasteiger partial charge < -0.3 is 20.4 Å². The Morgan fingerprint density at radius 1 is 1.07 bits per heavy atom. The van der Waals surface area contributed by atoms with Crippen molar-refractivity contribution >= 4 is 46.2 Å². The van der Waals surface area contributed by atoms with Crippen molar-refractivity contribution < 1.29 is 49.4 Å². The number of aromatic amines is 1. The van der Waals surface area contributed by atoms with Gasteiger partial charge in [-0.05, 0) is 55.9 Å². The van der Waals surface area contributed by atoms with Gasteiger partial charge in [0, 0.05) is 24.0 Å². The van der Waals surface area contributed by atoms with Crippen LogP contribution in [0.15, 0.2) is 18.2 Å². The summed E-state index contributed by atoms with van der Waals surface area (Å²) in [7, 11) is 0. The molecule has 46 heavy (non-hydrogen) atoms. The Kier molecular flexibility index (Phi) is 10.9. The fourth-order valence-electron chi connectivity index (χ4n) is 4.90. The predicted octanol–water partition coefficient (Wildman–Crippen LogP) is 7.16. The van der Waals surface area contributed by atoms with E-state index in [1.54, 1.807) is 0 Å². The maximum atomic E-state index is 13.1. The van der Waals surface area contributed by atoms with E-state index < -0.39 is 61.0 Å². The summed E-state index contributed by atoms with van der Waals surface area (Å²) in [6.07, 6.45) is -12.2. The van der Waals surface area contributed by atoms with Crippen molar-refractivity contribution in [2.75, 3.05) is 6.61 Å². The van der Waals surface area contributed by atoms with E-state index >= 15 is 0 Å². The molecule has 0 saturated heterocycles. The number of benzene rings is 1. The van der Waals surface area contributed by atoms with Gasteiger partial charge in [0.15, 0.2) is 12.3 Å². The van der Waals surface area contributed by atoms with Gasteiger partial charge in [0.1, 0.15) is 17.3 Å². The quantitative estimate of drug-likeness (QED) is 0.194. The summed E-state index contributed by atoms with van der Waals surface area (Å²) in [4.78, 5) is 36.4. The highest BCUT2D eigenvalue weighted by atomic mass is 35.5. The Morgan fingerprint density at radius 2 is 1.74 bits per heavy atom. The maximum Gasteiger partial charge on any atom is 0.400 e. The number of H-pyrrole nitrogens is 1. The van der Waals surface area contributed by atoms with Crippen LogP contribution in [0.4, 0.5) is 35.1 Å². The van der Waals surface area contributed by atoms with E-state index in [0.29, 0.717) is 5.56 Å². The standard InChI is InChI=1S/C28H27Cl2F8N5O3/c1-12(27(33,34)35)24(44)39-10-13-2-7-18(29)16(22(13)30)9-21-41-19-8-17(26(43-23(19)42-21)46-11-20(31)32)25(45)40-15-5-3-14(4-6-15)28(36,37)38/h2,7-8,12,14-15,20H,3-6,9-11H2,1H3,(H,39,44)(H,40,45)(H,41,42,43). The lowest BCUT2D eigenvalue weighted by molar-refractivity contribution is -0.182. The fourth-order valence-corrected chi connectivity index (χ4v) is 5.47. The zero-order valence-electron chi connectivity index (χ0n) is 23.9. The van der Waals surface area contributed by atoms with Gasteiger partial charge in [0.25, 0.3) is 12.3 Å². The second kappa shape index (κ2) is 14.2. The van der Waals surface area contributed by atoms with Crippen LogP contribution in [0.2, 0.25) is 10.0 Å². The van der Waals surface area contributed by atoms with Gasteiger partial charge in [-0.1, -0.05) is 29.3 Å². The molecule has 2 heterocycles. The Morgan fingerprint density at radius 3 is 2.35 bits per heavy atom. The van der Waals surface area contributed by atoms with Crippen LogP contribution < -0.4 is 15.4 Å². The number of rotatable bonds is 10. The molecule has 252 valence electrons. The monoisotopic (exact) mass is 703 g/mol. The minimum atomic E-state index is -4.73. The average Bonchev–Trinajstić information content (AvgIpc) is 3.37. The van der Waals surface area contributed by atoms with Crippen molar-refractivity contribution in [1.82, 2.24) is 25.6 Å². The molecule has 4 rings (SSSR count). The predicted molar refractivity (Wildman–Crippen MR) is 151 cm³/mol. The molecule has 2 aromatic heterocycles. The van der Waals surface area contributed by atoms with E-state index in [1.165, 1.54) is 18.2 Å². The maximum absolute atomic E-state index is 13.1. The topological polar surface area (TPSA) is 109 Å². The summed E-state index contributed by atoms with van der Waals surface area (Å²) in [5.41, 5.74) is 0.465. The molecule has 1 aliphatic rings. The minimum Gasteiger partial charge on any atom is -0.471 e. The summed E-state index contributed by atoms with van der Waals surface area (Å²) < 4.78 is 109. The van der Waals surface area contributed by atoms with Crippen LogP contribution in [0.25, 0.3) is 11.2 Å². The SMILES string of the molecule is CC(C(=O)NCc1ccc(Cl)c(Cc2nc3nc(OCC(F)F)c(C(=O)NC4CCC(C(F)(F)F)CC4)cc3[nH]2)c1Cl)C(F)(F)F. The van der Waals surface area contributed by atoms with Crippen LogP contribution in [-0.2, 0) is 17.8 Å². The molecule has 3 N–H and O–H groups in total. The number of nitrogens with one attached hydrogen (secondary N) is 3. The molecule has 1 aromatic carbocycles. The number of nitrogens with zero attached hydrogens (tertiary/aromatic N) is 2. The molecular formula is C28H27Cl2F8N5O3. The molecule has 1 fully saturated rings. The van der Waals surface area contributed by atoms with E-state index in [0.717, 1.165) is 6.92 Å². The first-order valence-corrected chi connectivity index (χ1v) is 14.7. The van der Waals surface area contributed by atoms with Crippen molar-refractivity contribution in [1.29, 1.82) is 0 Å². The number of ether oxygens (including phenoxy) is 1. The van der Waals surface area contributed by atoms with E-state index in [-0.39, 0.29) is 76.8 Å². The molecule has 1 aliphatic carbocycles. The van der Waals surface area contributed by atoms with E-state index in [4.69, 9.17) is 27.9 Å². The highest BCUT2D eigenvalue weighted by molar-refractivity contribution is 6.36. The van der Waals surface area contributed by atoms with Crippen molar-refractivity contribution in [3.05, 3.63) is 50.8 Å². The van der Waals surface area contributed by atoms with Gasteiger partial charge >= 0.3 is 12.4 Å². The lowest BCUT2D eigenvalue weighted by atomic mass is 9.85. The lowest BCUT2D eigenvalue weighted by Gasteiger charge is -2.30. The van der Waals surface area contributed by atoms with Crippen molar-refractivity contribution in [3.8, 4) is 5.88 Å². The van der Waals surface area contributed by atoms with Crippen molar-refractivity contribution in [2.45, 2.75) is 70.4 Å². The van der Waals surface area contributed by atoms with E-state index in [2.05, 4.69) is 25.6 Å². The van der Waals surface area contributed by atoms with Gasteiger partial charge in [-0.3, -0.25) is 9.59 Å². The first-order valence-electron chi connectivity index (χ1n) is 13.9. The molecule has 8 nitrogen and oxygen atoms in total. The largest absolute Gasteiger partial charge is 0.471 e. The number of fused-ring (bicyclic) bond motifs is 1. The first kappa shape index (κ1) is 35.5. The van der Waals surface area contributed by atoms with Crippen LogP contribution >= 0.6 is 23.2 Å². The molecule has 18 heteroatoms. The Balaban J connectivity index is 1.55. The zero-order valence-corrected chi connectivity index (χ0v) is 25.4. The van der Waals surface area contributed by atoms with Gasteiger partial charge in [-0.25, -0.2) is 13.8 Å². The van der Waals surface area contributed by atoms with E-state index in [9.17, 15) is 44.7 Å². The summed E-state index contributed by atoms with van der Waals surface area (Å²) in [5, 5.41) is 5.02. The normalized spacial score (nSPS) is 18.1. The fraction of sp³-hybridized carbons (Fsp3) is 0.500. The summed E-state index contributed by atoms with van der Waals surface area (Å²) in [6, 6.07) is 3.53. The van der Waals surface area contributed by atoms with Gasteiger partial charge in [0.05, 0.1) is 16.5 Å². The van der Waals surface area contributed by atoms with Crippen LogP contribution in [0.1, 0.15) is 59.9 Å². The van der Waals surface area contributed by atoms with Gasteiger partial charge in [0.2, 0.25) is 11.8 Å². The summed E-state index contributed by atoms with van der Waals surface area (Å²) in [6.45, 7) is -0.699. The Hall–Kier alpha value is -3.40. The number of aromatic nitrogens is 3. The molecule has 0 aliphatic heterocycles. The van der Waals surface area contributed by atoms with Gasteiger partial charge in [-0.2, -0.15) is 31.3 Å². The highest BCUT2D eigenvalue weighted by Gasteiger charge is 2.42. The second-order valence-corrected chi connectivity index (χ2v) is 11.6. The highest BCUT2D eigenvalue weighted by Crippen LogP contribution is 2.38. The minimum absolute atomic E-state index is 0.0293.